The minimum Gasteiger partial charge on any atom is -0.378 e. The van der Waals surface area contributed by atoms with E-state index < -0.39 is 0 Å². The normalized spacial score (nSPS) is 26.3. The van der Waals surface area contributed by atoms with Gasteiger partial charge >= 0.3 is 0 Å². The molecule has 0 aromatic carbocycles. The van der Waals surface area contributed by atoms with Crippen LogP contribution in [-0.2, 0) is 17.7 Å². The van der Waals surface area contributed by atoms with E-state index in [1.54, 1.807) is 0 Å². The van der Waals surface area contributed by atoms with Gasteiger partial charge in [-0.3, -0.25) is 4.68 Å². The molecule has 20 heavy (non-hydrogen) atoms. The largest absolute Gasteiger partial charge is 0.378 e. The Hall–Kier alpha value is -0.870. The number of aryl methyl sites for hydroxylation is 2. The van der Waals surface area contributed by atoms with Gasteiger partial charge in [-0.15, -0.1) is 0 Å². The Bertz CT molecular complexity index is 429. The second kappa shape index (κ2) is 6.72. The average molecular weight is 279 g/mol. The zero-order valence-corrected chi connectivity index (χ0v) is 13.4. The molecule has 1 aromatic heterocycles. The minimum atomic E-state index is 0.217. The summed E-state index contributed by atoms with van der Waals surface area (Å²) in [5.41, 5.74) is 2.68. The lowest BCUT2D eigenvalue weighted by Crippen LogP contribution is -2.42. The smallest absolute Gasteiger partial charge is 0.0619 e. The fourth-order valence-corrected chi connectivity index (χ4v) is 3.24. The van der Waals surface area contributed by atoms with Crippen LogP contribution in [0.4, 0.5) is 0 Å². The Labute approximate surface area is 122 Å². The number of rotatable bonds is 7. The van der Waals surface area contributed by atoms with Crippen LogP contribution in [0.2, 0.25) is 0 Å². The number of ether oxygens (including phenoxy) is 1. The molecule has 2 rings (SSSR count). The van der Waals surface area contributed by atoms with Crippen molar-refractivity contribution >= 4 is 0 Å². The van der Waals surface area contributed by atoms with Crippen LogP contribution in [0.1, 0.15) is 45.0 Å². The second-order valence-electron chi connectivity index (χ2n) is 6.07. The molecule has 0 aliphatic carbocycles. The third-order valence-electron chi connectivity index (χ3n) is 4.55. The first-order valence-electron chi connectivity index (χ1n) is 7.97. The molecule has 0 bridgehead atoms. The molecule has 2 atom stereocenters. The van der Waals surface area contributed by atoms with Gasteiger partial charge in [0.05, 0.1) is 11.8 Å². The summed E-state index contributed by atoms with van der Waals surface area (Å²) < 4.78 is 8.02. The van der Waals surface area contributed by atoms with Crippen molar-refractivity contribution in [1.82, 2.24) is 15.1 Å². The molecule has 1 fully saturated rings. The molecule has 1 aromatic rings. The summed E-state index contributed by atoms with van der Waals surface area (Å²) in [5, 5.41) is 8.18. The highest BCUT2D eigenvalue weighted by Crippen LogP contribution is 2.37. The molecule has 1 aliphatic heterocycles. The second-order valence-corrected chi connectivity index (χ2v) is 6.07. The van der Waals surface area contributed by atoms with Crippen LogP contribution in [-0.4, -0.2) is 35.6 Å². The van der Waals surface area contributed by atoms with E-state index in [9.17, 15) is 0 Å². The molecule has 1 aliphatic rings. The molecule has 4 heteroatoms. The van der Waals surface area contributed by atoms with Gasteiger partial charge in [0.2, 0.25) is 0 Å². The van der Waals surface area contributed by atoms with Crippen LogP contribution in [0.3, 0.4) is 0 Å². The Morgan fingerprint density at radius 2 is 2.30 bits per heavy atom. The highest BCUT2D eigenvalue weighted by Gasteiger charge is 2.41. The summed E-state index contributed by atoms with van der Waals surface area (Å²) in [6, 6.07) is 2.23. The highest BCUT2D eigenvalue weighted by molar-refractivity contribution is 5.13. The molecule has 114 valence electrons. The number of hydrogen-bond acceptors (Lipinski definition) is 3. The van der Waals surface area contributed by atoms with Crippen molar-refractivity contribution in [1.29, 1.82) is 0 Å². The summed E-state index contributed by atoms with van der Waals surface area (Å²) in [6.07, 6.45) is 3.68. The van der Waals surface area contributed by atoms with Gasteiger partial charge in [0, 0.05) is 30.8 Å². The number of aromatic nitrogens is 2. The number of nitrogens with one attached hydrogen (secondary N) is 1. The maximum Gasteiger partial charge on any atom is 0.0619 e. The van der Waals surface area contributed by atoms with Gasteiger partial charge in [-0.25, -0.2) is 0 Å². The molecule has 1 saturated heterocycles. The zero-order valence-electron chi connectivity index (χ0n) is 13.4. The summed E-state index contributed by atoms with van der Waals surface area (Å²) in [6.45, 7) is 12.6. The molecule has 0 radical (unpaired) electrons. The van der Waals surface area contributed by atoms with Gasteiger partial charge in [0.1, 0.15) is 0 Å². The lowest BCUT2D eigenvalue weighted by Gasteiger charge is -2.32. The van der Waals surface area contributed by atoms with Gasteiger partial charge < -0.3 is 10.1 Å². The van der Waals surface area contributed by atoms with E-state index in [0.717, 1.165) is 44.8 Å². The molecule has 2 unspecified atom stereocenters. The first-order chi connectivity index (χ1) is 9.61. The Morgan fingerprint density at radius 1 is 1.50 bits per heavy atom. The van der Waals surface area contributed by atoms with Gasteiger partial charge in [-0.2, -0.15) is 5.10 Å². The summed E-state index contributed by atoms with van der Waals surface area (Å²) in [4.78, 5) is 0. The summed E-state index contributed by atoms with van der Waals surface area (Å²) >= 11 is 0. The first-order valence-corrected chi connectivity index (χ1v) is 7.97. The highest BCUT2D eigenvalue weighted by atomic mass is 16.5. The van der Waals surface area contributed by atoms with Crippen molar-refractivity contribution in [3.8, 4) is 0 Å². The van der Waals surface area contributed by atoms with Crippen LogP contribution in [0.15, 0.2) is 6.07 Å². The maximum absolute atomic E-state index is 5.88. The molecule has 0 spiro atoms. The van der Waals surface area contributed by atoms with E-state index in [0.29, 0.717) is 6.10 Å². The molecule has 4 nitrogen and oxygen atoms in total. The third kappa shape index (κ3) is 3.23. The summed E-state index contributed by atoms with van der Waals surface area (Å²) in [5.74, 6) is 0. The molecule has 0 amide bonds. The molecule has 0 saturated carbocycles. The van der Waals surface area contributed by atoms with Crippen molar-refractivity contribution in [3.05, 3.63) is 17.5 Å². The maximum atomic E-state index is 5.88. The summed E-state index contributed by atoms with van der Waals surface area (Å²) in [7, 11) is 0. The zero-order chi connectivity index (χ0) is 14.6. The third-order valence-corrected chi connectivity index (χ3v) is 4.55. The van der Waals surface area contributed by atoms with Crippen LogP contribution in [0.5, 0.6) is 0 Å². The van der Waals surface area contributed by atoms with Crippen molar-refractivity contribution in [2.45, 2.75) is 59.6 Å². The van der Waals surface area contributed by atoms with Gasteiger partial charge in [-0.05, 0) is 52.6 Å². The topological polar surface area (TPSA) is 39.1 Å². The van der Waals surface area contributed by atoms with Gasteiger partial charge in [0.25, 0.3) is 0 Å². The molecule has 1 N–H and O–H groups in total. The monoisotopic (exact) mass is 279 g/mol. The predicted octanol–water partition coefficient (Wildman–Crippen LogP) is 2.55. The van der Waals surface area contributed by atoms with E-state index in [-0.39, 0.29) is 5.41 Å². The fraction of sp³-hybridized carbons (Fsp3) is 0.812. The van der Waals surface area contributed by atoms with E-state index in [4.69, 9.17) is 4.74 Å². The van der Waals surface area contributed by atoms with Crippen LogP contribution in [0.25, 0.3) is 0 Å². The Morgan fingerprint density at radius 3 is 2.90 bits per heavy atom. The van der Waals surface area contributed by atoms with E-state index in [1.165, 1.54) is 12.1 Å². The quantitative estimate of drug-likeness (QED) is 0.780. The Balaban J connectivity index is 2.15. The SMILES string of the molecule is CCCNCC1(Cc2cc(C)nn2CC)CCOC1C. The lowest BCUT2D eigenvalue weighted by atomic mass is 9.77. The number of hydrogen-bond donors (Lipinski definition) is 1. The van der Waals surface area contributed by atoms with E-state index in [1.807, 2.05) is 0 Å². The van der Waals surface area contributed by atoms with Crippen molar-refractivity contribution < 1.29 is 4.74 Å². The molecule has 2 heterocycles. The minimum absolute atomic E-state index is 0.217. The standard InChI is InChI=1S/C16H29N3O/c1-5-8-17-12-16(7-9-20-14(16)4)11-15-10-13(3)18-19(15)6-2/h10,14,17H,5-9,11-12H2,1-4H3. The molecular weight excluding hydrogens is 250 g/mol. The average Bonchev–Trinajstić information content (AvgIpc) is 2.94. The van der Waals surface area contributed by atoms with Crippen molar-refractivity contribution in [2.24, 2.45) is 5.41 Å². The lowest BCUT2D eigenvalue weighted by molar-refractivity contribution is 0.0621. The predicted molar refractivity (Wildman–Crippen MR) is 82.0 cm³/mol. The van der Waals surface area contributed by atoms with Crippen molar-refractivity contribution in [2.75, 3.05) is 19.7 Å². The van der Waals surface area contributed by atoms with Crippen LogP contribution < -0.4 is 5.32 Å². The fourth-order valence-electron chi connectivity index (χ4n) is 3.24. The van der Waals surface area contributed by atoms with E-state index in [2.05, 4.69) is 48.9 Å². The first kappa shape index (κ1) is 15.5. The Kier molecular flexibility index (Phi) is 5.22. The van der Waals surface area contributed by atoms with Crippen LogP contribution >= 0.6 is 0 Å². The van der Waals surface area contributed by atoms with Crippen LogP contribution in [0, 0.1) is 12.3 Å². The molecular formula is C16H29N3O. The van der Waals surface area contributed by atoms with Gasteiger partial charge in [0.15, 0.2) is 0 Å². The van der Waals surface area contributed by atoms with Gasteiger partial charge in [-0.1, -0.05) is 6.92 Å². The van der Waals surface area contributed by atoms with Crippen molar-refractivity contribution in [3.63, 3.8) is 0 Å². The van der Waals surface area contributed by atoms with E-state index >= 15 is 0 Å². The number of nitrogens with zero attached hydrogens (tertiary/aromatic N) is 2.